The molecule has 24 heavy (non-hydrogen) atoms. The molecule has 0 saturated carbocycles. The van der Waals surface area contributed by atoms with Gasteiger partial charge in [-0.2, -0.15) is 0 Å². The molecule has 0 spiro atoms. The molecule has 1 rings (SSSR count). The first-order valence-electron chi connectivity index (χ1n) is 7.94. The van der Waals surface area contributed by atoms with Crippen molar-refractivity contribution in [1.82, 2.24) is 10.6 Å². The van der Waals surface area contributed by atoms with Gasteiger partial charge in [0.2, 0.25) is 5.91 Å². The number of hydrogen-bond donors (Lipinski definition) is 3. The maximum Gasteiger partial charge on any atom is 0.320 e. The van der Waals surface area contributed by atoms with Gasteiger partial charge in [-0.15, -0.1) is 0 Å². The van der Waals surface area contributed by atoms with Crippen LogP contribution in [0.2, 0.25) is 0 Å². The van der Waals surface area contributed by atoms with Crippen molar-refractivity contribution in [3.05, 3.63) is 35.4 Å². The van der Waals surface area contributed by atoms with Crippen LogP contribution in [0.25, 0.3) is 0 Å². The lowest BCUT2D eigenvalue weighted by atomic mass is 9.99. The molecule has 7 heteroatoms. The topological polar surface area (TPSA) is 78.4 Å². The highest BCUT2D eigenvalue weighted by Crippen LogP contribution is 2.14. The van der Waals surface area contributed by atoms with E-state index < -0.39 is 35.6 Å². The molecule has 0 aliphatic carbocycles. The second kappa shape index (κ2) is 9.32. The van der Waals surface area contributed by atoms with E-state index in [1.807, 2.05) is 6.92 Å². The molecule has 0 bridgehead atoms. The van der Waals surface area contributed by atoms with E-state index in [9.17, 15) is 18.4 Å². The molecule has 134 valence electrons. The van der Waals surface area contributed by atoms with Crippen LogP contribution in [0.5, 0.6) is 0 Å². The highest BCUT2D eigenvalue weighted by molar-refractivity contribution is 5.80. The van der Waals surface area contributed by atoms with E-state index in [2.05, 4.69) is 10.6 Å². The second-order valence-corrected chi connectivity index (χ2v) is 5.96. The Hall–Kier alpha value is -2.02. The van der Waals surface area contributed by atoms with E-state index in [-0.39, 0.29) is 24.4 Å². The monoisotopic (exact) mass is 342 g/mol. The molecule has 3 N–H and O–H groups in total. The molecular weight excluding hydrogens is 318 g/mol. The van der Waals surface area contributed by atoms with Gasteiger partial charge >= 0.3 is 5.97 Å². The van der Waals surface area contributed by atoms with Crippen molar-refractivity contribution in [2.45, 2.75) is 45.7 Å². The average molecular weight is 342 g/mol. The number of carbonyl (C=O) groups excluding carboxylic acids is 1. The summed E-state index contributed by atoms with van der Waals surface area (Å²) in [7, 11) is 0. The first-order valence-corrected chi connectivity index (χ1v) is 7.94. The van der Waals surface area contributed by atoms with Crippen molar-refractivity contribution < 1.29 is 23.5 Å². The van der Waals surface area contributed by atoms with Crippen LogP contribution in [0.1, 0.15) is 32.8 Å². The van der Waals surface area contributed by atoms with Gasteiger partial charge in [-0.3, -0.25) is 14.9 Å². The van der Waals surface area contributed by atoms with Crippen LogP contribution in [0.15, 0.2) is 18.2 Å². The van der Waals surface area contributed by atoms with Gasteiger partial charge in [0.15, 0.2) is 0 Å². The summed E-state index contributed by atoms with van der Waals surface area (Å²) < 4.78 is 27.2. The van der Waals surface area contributed by atoms with Crippen LogP contribution in [0.4, 0.5) is 8.78 Å². The van der Waals surface area contributed by atoms with Crippen LogP contribution >= 0.6 is 0 Å². The predicted octanol–water partition coefficient (Wildman–Crippen LogP) is 2.10. The van der Waals surface area contributed by atoms with Crippen molar-refractivity contribution in [2.24, 2.45) is 5.92 Å². The quantitative estimate of drug-likeness (QED) is 0.642. The maximum atomic E-state index is 13.6. The Morgan fingerprint density at radius 3 is 2.29 bits per heavy atom. The highest BCUT2D eigenvalue weighted by atomic mass is 19.1. The van der Waals surface area contributed by atoms with Crippen LogP contribution in [0.3, 0.4) is 0 Å². The molecule has 1 aromatic rings. The third-order valence-electron chi connectivity index (χ3n) is 3.94. The minimum Gasteiger partial charge on any atom is -0.480 e. The molecule has 1 aromatic carbocycles. The number of halogens is 2. The van der Waals surface area contributed by atoms with Crippen molar-refractivity contribution in [3.63, 3.8) is 0 Å². The standard InChI is InChI=1S/C17H24F2N2O3/c1-4-10(2)16(17(23)24)20-9-15(22)21-11(3)8-12-13(18)6-5-7-14(12)19/h5-7,10-11,16,20H,4,8-9H2,1-3H3,(H,21,22)(H,23,24)/t10-,11?,16-/m0/s1. The summed E-state index contributed by atoms with van der Waals surface area (Å²) in [6, 6.07) is 2.30. The largest absolute Gasteiger partial charge is 0.480 e. The summed E-state index contributed by atoms with van der Waals surface area (Å²) in [6.45, 7) is 5.11. The zero-order valence-electron chi connectivity index (χ0n) is 14.1. The van der Waals surface area contributed by atoms with Crippen molar-refractivity contribution >= 4 is 11.9 Å². The molecule has 0 aliphatic heterocycles. The summed E-state index contributed by atoms with van der Waals surface area (Å²) in [5.41, 5.74) is -0.0822. The van der Waals surface area contributed by atoms with Gasteiger partial charge in [0.25, 0.3) is 0 Å². The smallest absolute Gasteiger partial charge is 0.320 e. The molecule has 0 aliphatic rings. The molecule has 0 fully saturated rings. The van der Waals surface area contributed by atoms with Crippen molar-refractivity contribution in [1.29, 1.82) is 0 Å². The molecule has 0 saturated heterocycles. The van der Waals surface area contributed by atoms with E-state index in [0.717, 1.165) is 12.1 Å². The number of aliphatic carboxylic acids is 1. The lowest BCUT2D eigenvalue weighted by molar-refractivity contribution is -0.141. The third-order valence-corrected chi connectivity index (χ3v) is 3.94. The molecular formula is C17H24F2N2O3. The Morgan fingerprint density at radius 1 is 1.21 bits per heavy atom. The van der Waals surface area contributed by atoms with Crippen LogP contribution < -0.4 is 10.6 Å². The number of carboxylic acid groups (broad SMARTS) is 1. The van der Waals surface area contributed by atoms with Crippen molar-refractivity contribution in [3.8, 4) is 0 Å². The fourth-order valence-electron chi connectivity index (χ4n) is 2.38. The molecule has 0 radical (unpaired) electrons. The average Bonchev–Trinajstić information content (AvgIpc) is 2.50. The van der Waals surface area contributed by atoms with Gasteiger partial charge in [0, 0.05) is 11.6 Å². The summed E-state index contributed by atoms with van der Waals surface area (Å²) in [5, 5.41) is 14.5. The van der Waals surface area contributed by atoms with Gasteiger partial charge in [-0.1, -0.05) is 26.3 Å². The second-order valence-electron chi connectivity index (χ2n) is 5.96. The van der Waals surface area contributed by atoms with Crippen LogP contribution in [0, 0.1) is 17.6 Å². The number of amides is 1. The minimum absolute atomic E-state index is 0.0119. The summed E-state index contributed by atoms with van der Waals surface area (Å²) in [5.74, 6) is -2.87. The van der Waals surface area contributed by atoms with Crippen molar-refractivity contribution in [2.75, 3.05) is 6.54 Å². The molecule has 1 amide bonds. The minimum atomic E-state index is -1.02. The summed E-state index contributed by atoms with van der Waals surface area (Å²) >= 11 is 0. The fourth-order valence-corrected chi connectivity index (χ4v) is 2.38. The highest BCUT2D eigenvalue weighted by Gasteiger charge is 2.24. The summed E-state index contributed by atoms with van der Waals surface area (Å²) in [4.78, 5) is 23.1. The Morgan fingerprint density at radius 2 is 1.79 bits per heavy atom. The van der Waals surface area contributed by atoms with Gasteiger partial charge in [0.05, 0.1) is 6.54 Å². The molecule has 3 atom stereocenters. The SMILES string of the molecule is CC[C@H](C)[C@H](NCC(=O)NC(C)Cc1c(F)cccc1F)C(=O)O. The first kappa shape index (κ1) is 20.0. The first-order chi connectivity index (χ1) is 11.3. The summed E-state index contributed by atoms with van der Waals surface area (Å²) in [6.07, 6.45) is 0.673. The predicted molar refractivity (Wildman–Crippen MR) is 86.5 cm³/mol. The molecule has 0 aromatic heterocycles. The number of benzene rings is 1. The van der Waals surface area contributed by atoms with Gasteiger partial charge in [-0.25, -0.2) is 8.78 Å². The van der Waals surface area contributed by atoms with Gasteiger partial charge in [-0.05, 0) is 31.4 Å². The van der Waals surface area contributed by atoms with Crippen LogP contribution in [-0.4, -0.2) is 35.6 Å². The fraction of sp³-hybridized carbons (Fsp3) is 0.529. The third kappa shape index (κ3) is 5.88. The number of hydrogen-bond acceptors (Lipinski definition) is 3. The maximum absolute atomic E-state index is 13.6. The number of carbonyl (C=O) groups is 2. The van der Waals surface area contributed by atoms with Gasteiger partial charge in [0.1, 0.15) is 17.7 Å². The lowest BCUT2D eigenvalue weighted by Gasteiger charge is -2.21. The Balaban J connectivity index is 2.54. The normalized spacial score (nSPS) is 14.7. The van der Waals surface area contributed by atoms with E-state index in [4.69, 9.17) is 5.11 Å². The Labute approximate surface area is 140 Å². The molecule has 1 unspecified atom stereocenters. The molecule has 0 heterocycles. The lowest BCUT2D eigenvalue weighted by Crippen LogP contribution is -2.48. The van der Waals surface area contributed by atoms with E-state index in [1.165, 1.54) is 6.07 Å². The number of rotatable bonds is 9. The van der Waals surface area contributed by atoms with E-state index in [1.54, 1.807) is 13.8 Å². The van der Waals surface area contributed by atoms with Gasteiger partial charge < -0.3 is 10.4 Å². The zero-order valence-corrected chi connectivity index (χ0v) is 14.1. The Kier molecular flexibility index (Phi) is 7.78. The van der Waals surface area contributed by atoms with E-state index in [0.29, 0.717) is 6.42 Å². The van der Waals surface area contributed by atoms with E-state index >= 15 is 0 Å². The zero-order chi connectivity index (χ0) is 18.3. The van der Waals surface area contributed by atoms with Crippen LogP contribution in [-0.2, 0) is 16.0 Å². The number of nitrogens with one attached hydrogen (secondary N) is 2. The Bertz CT molecular complexity index is 561. The molecule has 5 nitrogen and oxygen atoms in total. The number of carboxylic acids is 1.